The summed E-state index contributed by atoms with van der Waals surface area (Å²) in [5.74, 6) is 0. The molecular formula is C9H19F2NO. The Morgan fingerprint density at radius 2 is 2.00 bits per heavy atom. The van der Waals surface area contributed by atoms with Crippen LogP contribution in [0.3, 0.4) is 0 Å². The smallest absolute Gasteiger partial charge is 0.250 e. The highest BCUT2D eigenvalue weighted by molar-refractivity contribution is 4.71. The topological polar surface area (TPSA) is 21.3 Å². The van der Waals surface area contributed by atoms with Crippen LogP contribution in [0.4, 0.5) is 8.78 Å². The number of methoxy groups -OCH3 is 1. The number of alkyl halides is 2. The van der Waals surface area contributed by atoms with Gasteiger partial charge in [-0.15, -0.1) is 0 Å². The SMILES string of the molecule is COCCC(C)(C)CNCC(F)F. The summed E-state index contributed by atoms with van der Waals surface area (Å²) in [4.78, 5) is 0. The lowest BCUT2D eigenvalue weighted by atomic mass is 9.90. The molecular weight excluding hydrogens is 176 g/mol. The molecule has 4 heteroatoms. The molecule has 0 aromatic heterocycles. The predicted octanol–water partition coefficient (Wildman–Crippen LogP) is 1.90. The van der Waals surface area contributed by atoms with E-state index in [1.54, 1.807) is 7.11 Å². The zero-order chi connectivity index (χ0) is 10.3. The highest BCUT2D eigenvalue weighted by atomic mass is 19.3. The van der Waals surface area contributed by atoms with Crippen molar-refractivity contribution < 1.29 is 13.5 Å². The van der Waals surface area contributed by atoms with Crippen molar-refractivity contribution in [2.75, 3.05) is 26.8 Å². The van der Waals surface area contributed by atoms with E-state index in [4.69, 9.17) is 4.74 Å². The van der Waals surface area contributed by atoms with E-state index in [-0.39, 0.29) is 12.0 Å². The molecule has 0 radical (unpaired) electrons. The first-order chi connectivity index (χ1) is 5.98. The third-order valence-electron chi connectivity index (χ3n) is 1.89. The summed E-state index contributed by atoms with van der Waals surface area (Å²) < 4.78 is 28.5. The normalized spacial score (nSPS) is 12.5. The van der Waals surface area contributed by atoms with Crippen LogP contribution in [-0.2, 0) is 4.74 Å². The molecule has 0 fully saturated rings. The van der Waals surface area contributed by atoms with Crippen molar-refractivity contribution in [3.05, 3.63) is 0 Å². The second kappa shape index (κ2) is 6.27. The maximum absolute atomic E-state index is 11.8. The van der Waals surface area contributed by atoms with Crippen LogP contribution in [0, 0.1) is 5.41 Å². The third kappa shape index (κ3) is 8.12. The molecule has 0 aliphatic rings. The van der Waals surface area contributed by atoms with Gasteiger partial charge in [-0.3, -0.25) is 0 Å². The van der Waals surface area contributed by atoms with E-state index < -0.39 is 6.43 Å². The summed E-state index contributed by atoms with van der Waals surface area (Å²) in [6, 6.07) is 0. The molecule has 1 N–H and O–H groups in total. The fourth-order valence-electron chi connectivity index (χ4n) is 0.986. The van der Waals surface area contributed by atoms with Crippen LogP contribution >= 0.6 is 0 Å². The van der Waals surface area contributed by atoms with E-state index in [2.05, 4.69) is 5.32 Å². The van der Waals surface area contributed by atoms with E-state index in [1.807, 2.05) is 13.8 Å². The Balaban J connectivity index is 3.50. The summed E-state index contributed by atoms with van der Waals surface area (Å²) in [7, 11) is 1.64. The number of rotatable bonds is 7. The molecule has 2 nitrogen and oxygen atoms in total. The van der Waals surface area contributed by atoms with Crippen molar-refractivity contribution in [2.24, 2.45) is 5.41 Å². The molecule has 0 unspecified atom stereocenters. The first kappa shape index (κ1) is 12.8. The molecule has 0 heterocycles. The van der Waals surface area contributed by atoms with E-state index in [0.717, 1.165) is 6.42 Å². The second-order valence-corrected chi connectivity index (χ2v) is 3.93. The number of ether oxygens (including phenoxy) is 1. The first-order valence-corrected chi connectivity index (χ1v) is 4.46. The number of nitrogens with one attached hydrogen (secondary N) is 1. The second-order valence-electron chi connectivity index (χ2n) is 3.93. The van der Waals surface area contributed by atoms with Crippen LogP contribution < -0.4 is 5.32 Å². The molecule has 0 aromatic carbocycles. The Kier molecular flexibility index (Phi) is 6.16. The molecule has 0 bridgehead atoms. The fraction of sp³-hybridized carbons (Fsp3) is 1.00. The maximum Gasteiger partial charge on any atom is 0.250 e. The molecule has 0 spiro atoms. The van der Waals surface area contributed by atoms with Gasteiger partial charge in [-0.2, -0.15) is 0 Å². The van der Waals surface area contributed by atoms with E-state index in [9.17, 15) is 8.78 Å². The molecule has 0 amide bonds. The highest BCUT2D eigenvalue weighted by Gasteiger charge is 2.17. The highest BCUT2D eigenvalue weighted by Crippen LogP contribution is 2.18. The third-order valence-corrected chi connectivity index (χ3v) is 1.89. The van der Waals surface area contributed by atoms with E-state index in [1.165, 1.54) is 0 Å². The Labute approximate surface area is 78.7 Å². The van der Waals surface area contributed by atoms with Gasteiger partial charge in [0.05, 0.1) is 6.54 Å². The van der Waals surface area contributed by atoms with Crippen molar-refractivity contribution in [1.29, 1.82) is 0 Å². The van der Waals surface area contributed by atoms with Gasteiger partial charge < -0.3 is 10.1 Å². The average molecular weight is 195 g/mol. The Morgan fingerprint density at radius 3 is 2.46 bits per heavy atom. The standard InChI is InChI=1S/C9H19F2NO/c1-9(2,4-5-13-3)7-12-6-8(10)11/h8,12H,4-7H2,1-3H3. The van der Waals surface area contributed by atoms with Crippen LogP contribution in [0.25, 0.3) is 0 Å². The van der Waals surface area contributed by atoms with Crippen LogP contribution in [0.5, 0.6) is 0 Å². The quantitative estimate of drug-likeness (QED) is 0.670. The van der Waals surface area contributed by atoms with Gasteiger partial charge in [0.15, 0.2) is 0 Å². The molecule has 0 aromatic rings. The summed E-state index contributed by atoms with van der Waals surface area (Å²) in [6.07, 6.45) is -1.39. The number of hydrogen-bond acceptors (Lipinski definition) is 2. The lowest BCUT2D eigenvalue weighted by molar-refractivity contribution is 0.128. The van der Waals surface area contributed by atoms with Gasteiger partial charge in [0.25, 0.3) is 6.43 Å². The lowest BCUT2D eigenvalue weighted by Gasteiger charge is -2.24. The predicted molar refractivity (Wildman–Crippen MR) is 49.1 cm³/mol. The minimum Gasteiger partial charge on any atom is -0.385 e. The monoisotopic (exact) mass is 195 g/mol. The fourth-order valence-corrected chi connectivity index (χ4v) is 0.986. The summed E-state index contributed by atoms with van der Waals surface area (Å²) in [5.41, 5.74) is 0.0188. The molecule has 0 saturated carbocycles. The van der Waals surface area contributed by atoms with Crippen LogP contribution in [-0.4, -0.2) is 33.2 Å². The van der Waals surface area contributed by atoms with Crippen LogP contribution in [0.2, 0.25) is 0 Å². The van der Waals surface area contributed by atoms with Gasteiger partial charge in [-0.25, -0.2) is 8.78 Å². The Morgan fingerprint density at radius 1 is 1.38 bits per heavy atom. The van der Waals surface area contributed by atoms with Gasteiger partial charge in [0.2, 0.25) is 0 Å². The maximum atomic E-state index is 11.8. The summed E-state index contributed by atoms with van der Waals surface area (Å²) in [6.45, 7) is 5.11. The number of hydrogen-bond donors (Lipinski definition) is 1. The van der Waals surface area contributed by atoms with Crippen LogP contribution in [0.1, 0.15) is 20.3 Å². The summed E-state index contributed by atoms with van der Waals surface area (Å²) >= 11 is 0. The van der Waals surface area contributed by atoms with Gasteiger partial charge in [-0.1, -0.05) is 13.8 Å². The molecule has 13 heavy (non-hydrogen) atoms. The molecule has 0 atom stereocenters. The van der Waals surface area contributed by atoms with Gasteiger partial charge in [0, 0.05) is 20.3 Å². The Hall–Kier alpha value is -0.220. The van der Waals surface area contributed by atoms with Crippen molar-refractivity contribution >= 4 is 0 Å². The number of halogens is 2. The van der Waals surface area contributed by atoms with Crippen LogP contribution in [0.15, 0.2) is 0 Å². The van der Waals surface area contributed by atoms with Crippen molar-refractivity contribution in [3.8, 4) is 0 Å². The lowest BCUT2D eigenvalue weighted by Crippen LogP contribution is -2.33. The largest absolute Gasteiger partial charge is 0.385 e. The van der Waals surface area contributed by atoms with Crippen molar-refractivity contribution in [2.45, 2.75) is 26.7 Å². The first-order valence-electron chi connectivity index (χ1n) is 4.46. The average Bonchev–Trinajstić information content (AvgIpc) is 2.00. The minimum absolute atomic E-state index is 0.0188. The van der Waals surface area contributed by atoms with Gasteiger partial charge in [0.1, 0.15) is 0 Å². The summed E-state index contributed by atoms with van der Waals surface area (Å²) in [5, 5.41) is 2.73. The van der Waals surface area contributed by atoms with E-state index >= 15 is 0 Å². The molecule has 0 rings (SSSR count). The van der Waals surface area contributed by atoms with Gasteiger partial charge >= 0.3 is 0 Å². The molecule has 0 saturated heterocycles. The van der Waals surface area contributed by atoms with Crippen molar-refractivity contribution in [3.63, 3.8) is 0 Å². The Bertz CT molecular complexity index is 129. The zero-order valence-electron chi connectivity index (χ0n) is 8.57. The van der Waals surface area contributed by atoms with Gasteiger partial charge in [-0.05, 0) is 11.8 Å². The molecule has 0 aliphatic heterocycles. The van der Waals surface area contributed by atoms with E-state index in [0.29, 0.717) is 13.2 Å². The minimum atomic E-state index is -2.27. The molecule has 80 valence electrons. The van der Waals surface area contributed by atoms with Crippen molar-refractivity contribution in [1.82, 2.24) is 5.32 Å². The molecule has 0 aliphatic carbocycles. The zero-order valence-corrected chi connectivity index (χ0v) is 8.57.